The van der Waals surface area contributed by atoms with E-state index in [0.29, 0.717) is 37.2 Å². The number of aromatic nitrogens is 2. The number of nitrogens with zero attached hydrogens (tertiary/aromatic N) is 4. The van der Waals surface area contributed by atoms with Crippen LogP contribution < -0.4 is 10.1 Å². The third-order valence-electron chi connectivity index (χ3n) is 9.27. The van der Waals surface area contributed by atoms with Gasteiger partial charge in [-0.3, -0.25) is 0 Å². The first-order valence-electron chi connectivity index (χ1n) is 15.6. The van der Waals surface area contributed by atoms with Crippen molar-refractivity contribution < 1.29 is 33.1 Å². The number of urea groups is 1. The van der Waals surface area contributed by atoms with Crippen LogP contribution in [0.4, 0.5) is 9.59 Å². The average Bonchev–Trinajstić information content (AvgIpc) is 3.79. The highest BCUT2D eigenvalue weighted by Gasteiger charge is 2.61. The molecule has 2 saturated heterocycles. The first-order valence-corrected chi connectivity index (χ1v) is 16.0. The van der Waals surface area contributed by atoms with Crippen molar-refractivity contribution in [1.82, 2.24) is 20.2 Å². The quantitative estimate of drug-likeness (QED) is 0.215. The van der Waals surface area contributed by atoms with Gasteiger partial charge in [-0.25, -0.2) is 19.6 Å². The minimum absolute atomic E-state index is 0.0287. The number of allylic oxidation sites excluding steroid dienone is 1. The number of carbonyl (C=O) groups excluding carboxylic acids is 3. The van der Waals surface area contributed by atoms with Crippen molar-refractivity contribution in [2.75, 3.05) is 33.4 Å². The summed E-state index contributed by atoms with van der Waals surface area (Å²) in [6.07, 6.45) is 7.01. The number of hydrogen-bond donors (Lipinski definition) is 1. The van der Waals surface area contributed by atoms with Crippen LogP contribution >= 0.6 is 11.6 Å². The number of halogens is 1. The second-order valence-electron chi connectivity index (χ2n) is 12.1. The van der Waals surface area contributed by atoms with Gasteiger partial charge in [0.25, 0.3) is 5.88 Å². The van der Waals surface area contributed by atoms with Gasteiger partial charge in [0.15, 0.2) is 11.3 Å². The van der Waals surface area contributed by atoms with Crippen LogP contribution in [0.2, 0.25) is 5.15 Å². The molecule has 0 spiro atoms. The van der Waals surface area contributed by atoms with Crippen LogP contribution in [0.1, 0.15) is 58.3 Å². The van der Waals surface area contributed by atoms with E-state index in [0.717, 1.165) is 44.9 Å². The molecule has 1 unspecified atom stereocenters. The van der Waals surface area contributed by atoms with Gasteiger partial charge in [0.05, 0.1) is 24.2 Å². The van der Waals surface area contributed by atoms with Crippen LogP contribution in [-0.2, 0) is 14.3 Å². The lowest BCUT2D eigenvalue weighted by molar-refractivity contribution is -0.794. The van der Waals surface area contributed by atoms with Crippen LogP contribution in [0, 0.1) is 5.92 Å². The molecule has 44 heavy (non-hydrogen) atoms. The smallest absolute Gasteiger partial charge is 0.466 e. The zero-order chi connectivity index (χ0) is 31.3. The lowest BCUT2D eigenvalue weighted by atomic mass is 9.95. The molecule has 5 rings (SSSR count). The van der Waals surface area contributed by atoms with E-state index < -0.39 is 28.8 Å². The average molecular weight is 629 g/mol. The third-order valence-corrected chi connectivity index (χ3v) is 9.52. The van der Waals surface area contributed by atoms with Gasteiger partial charge >= 0.3 is 18.0 Å². The van der Waals surface area contributed by atoms with Crippen LogP contribution in [0.5, 0.6) is 5.88 Å². The van der Waals surface area contributed by atoms with Gasteiger partial charge in [0.2, 0.25) is 0 Å². The number of ether oxygens (including phenoxy) is 3. The summed E-state index contributed by atoms with van der Waals surface area (Å²) in [5, 5.41) is 3.16. The highest BCUT2D eigenvalue weighted by Crippen LogP contribution is 2.37. The molecule has 1 N–H and O–H groups in total. The Bertz CT molecular complexity index is 1370. The molecule has 0 radical (unpaired) electrons. The van der Waals surface area contributed by atoms with Gasteiger partial charge in [-0.05, 0) is 57.1 Å². The van der Waals surface area contributed by atoms with Gasteiger partial charge in [0, 0.05) is 26.1 Å². The Balaban J connectivity index is 1.33. The molecule has 2 aromatic rings. The van der Waals surface area contributed by atoms with Crippen LogP contribution in [0.15, 0.2) is 36.9 Å². The molecule has 3 fully saturated rings. The summed E-state index contributed by atoms with van der Waals surface area (Å²) in [5.41, 5.74) is 1.26. The Kier molecular flexibility index (Phi) is 10.4. The summed E-state index contributed by atoms with van der Waals surface area (Å²) >= 11 is 6.42. The number of para-hydroxylation sites is 2. The van der Waals surface area contributed by atoms with Gasteiger partial charge in [-0.1, -0.05) is 42.7 Å². The molecule has 4 amide bonds. The third kappa shape index (κ3) is 6.69. The van der Waals surface area contributed by atoms with Gasteiger partial charge < -0.3 is 24.4 Å². The number of nitrogens with one attached hydrogen (secondary N) is 1. The van der Waals surface area contributed by atoms with Crippen molar-refractivity contribution in [3.8, 4) is 5.88 Å². The number of amides is 4. The predicted molar refractivity (Wildman–Crippen MR) is 165 cm³/mol. The number of quaternary nitrogens is 1. The van der Waals surface area contributed by atoms with E-state index >= 15 is 0 Å². The monoisotopic (exact) mass is 628 g/mol. The highest BCUT2D eigenvalue weighted by molar-refractivity contribution is 6.31. The molecule has 1 aromatic heterocycles. The first-order chi connectivity index (χ1) is 21.3. The SMILES string of the molecule is C=CCCCO[C@H]1CCN(C(=O)N[C@H](C(=O)[N+]2(C(=O)OC)C[C@H](Oc3nc4ccccc4nc3Cl)C[C@H]2C)C2CCCC2)C1. The fourth-order valence-corrected chi connectivity index (χ4v) is 7.08. The second kappa shape index (κ2) is 14.2. The number of carbonyl (C=O) groups is 3. The van der Waals surface area contributed by atoms with Crippen LogP contribution in [0.25, 0.3) is 11.0 Å². The van der Waals surface area contributed by atoms with E-state index in [-0.39, 0.29) is 41.5 Å². The molecule has 0 bridgehead atoms. The van der Waals surface area contributed by atoms with Crippen molar-refractivity contribution in [1.29, 1.82) is 0 Å². The number of imide groups is 1. The molecule has 238 valence electrons. The maximum Gasteiger partial charge on any atom is 0.523 e. The molecule has 2 aliphatic heterocycles. The topological polar surface area (TPSA) is 120 Å². The number of fused-ring (bicyclic) bond motifs is 1. The number of likely N-dealkylation sites (tertiary alicyclic amines) is 2. The van der Waals surface area contributed by atoms with E-state index in [4.69, 9.17) is 25.8 Å². The summed E-state index contributed by atoms with van der Waals surface area (Å²) in [4.78, 5) is 52.3. The van der Waals surface area contributed by atoms with Gasteiger partial charge in [-0.15, -0.1) is 6.58 Å². The Labute approximate surface area is 263 Å². The zero-order valence-electron chi connectivity index (χ0n) is 25.6. The van der Waals surface area contributed by atoms with Crippen molar-refractivity contribution in [2.24, 2.45) is 5.92 Å². The van der Waals surface area contributed by atoms with E-state index in [1.165, 1.54) is 7.11 Å². The first kappa shape index (κ1) is 32.1. The van der Waals surface area contributed by atoms with Crippen molar-refractivity contribution in [3.05, 3.63) is 42.1 Å². The Morgan fingerprint density at radius 3 is 2.59 bits per heavy atom. The number of unbranched alkanes of at least 4 members (excludes halogenated alkanes) is 1. The molecular weight excluding hydrogens is 586 g/mol. The fraction of sp³-hybridized carbons (Fsp3) is 0.594. The van der Waals surface area contributed by atoms with E-state index in [1.54, 1.807) is 4.90 Å². The zero-order valence-corrected chi connectivity index (χ0v) is 26.3. The minimum Gasteiger partial charge on any atom is -0.466 e. The maximum absolute atomic E-state index is 14.6. The van der Waals surface area contributed by atoms with Crippen molar-refractivity contribution in [3.63, 3.8) is 0 Å². The maximum atomic E-state index is 14.6. The second-order valence-corrected chi connectivity index (χ2v) is 12.5. The number of rotatable bonds is 10. The summed E-state index contributed by atoms with van der Waals surface area (Å²) in [5.74, 6) is -0.300. The normalized spacial score (nSPS) is 26.1. The van der Waals surface area contributed by atoms with E-state index in [1.807, 2.05) is 37.3 Å². The van der Waals surface area contributed by atoms with Crippen LogP contribution in [-0.4, -0.2) is 95.0 Å². The minimum atomic E-state index is -0.845. The number of hydrogen-bond acceptors (Lipinski definition) is 8. The lowest BCUT2D eigenvalue weighted by Gasteiger charge is -2.36. The summed E-state index contributed by atoms with van der Waals surface area (Å²) in [7, 11) is 1.28. The van der Waals surface area contributed by atoms with Crippen molar-refractivity contribution in [2.45, 2.75) is 82.6 Å². The molecule has 11 nitrogen and oxygen atoms in total. The number of benzene rings is 1. The Hall–Kier alpha value is -3.28. The molecule has 3 aliphatic rings. The predicted octanol–water partition coefficient (Wildman–Crippen LogP) is 5.26. The summed E-state index contributed by atoms with van der Waals surface area (Å²) < 4.78 is 16.8. The van der Waals surface area contributed by atoms with E-state index in [9.17, 15) is 14.4 Å². The molecule has 1 aliphatic carbocycles. The molecule has 1 saturated carbocycles. The van der Waals surface area contributed by atoms with Crippen LogP contribution in [0.3, 0.4) is 0 Å². The molecule has 3 heterocycles. The fourth-order valence-electron chi connectivity index (χ4n) is 6.90. The standard InChI is InChI=1S/C32H42ClN5O6/c1-4-5-10-17-43-23-15-16-37(19-23)31(40)36-27(22-11-6-7-12-22)30(39)38(32(41)42-3)20-24(18-21(38)2)44-29-28(33)34-25-13-8-9-14-26(25)35-29/h4,8-9,13-14,21-24,27H,1,5-7,10-12,15-20H2,2-3H3/p+1/t21-,23+,24-,27+,38?/m1/s1. The van der Waals surface area contributed by atoms with Crippen molar-refractivity contribution >= 4 is 40.7 Å². The lowest BCUT2D eigenvalue weighted by Crippen LogP contribution is -2.67. The largest absolute Gasteiger partial charge is 0.523 e. The Morgan fingerprint density at radius 1 is 1.16 bits per heavy atom. The number of methoxy groups -OCH3 is 1. The molecule has 1 aromatic carbocycles. The Morgan fingerprint density at radius 2 is 1.89 bits per heavy atom. The van der Waals surface area contributed by atoms with Gasteiger partial charge in [0.1, 0.15) is 18.6 Å². The van der Waals surface area contributed by atoms with E-state index in [2.05, 4.69) is 21.9 Å². The molecule has 12 heteroatoms. The molecular formula is C32H43ClN5O6+. The highest BCUT2D eigenvalue weighted by atomic mass is 35.5. The van der Waals surface area contributed by atoms with Gasteiger partial charge in [-0.2, -0.15) is 9.28 Å². The molecule has 5 atom stereocenters. The summed E-state index contributed by atoms with van der Waals surface area (Å²) in [6.45, 7) is 7.23. The summed E-state index contributed by atoms with van der Waals surface area (Å²) in [6, 6.07) is 5.70.